The molecule has 0 bridgehead atoms. The molecular formula is C26H26F2N4O3S. The van der Waals surface area contributed by atoms with E-state index in [2.05, 4.69) is 15.4 Å². The molecule has 0 aliphatic rings. The average molecular weight is 513 g/mol. The lowest BCUT2D eigenvalue weighted by Crippen LogP contribution is -2.22. The largest absolute Gasteiger partial charge is 0.456 e. The van der Waals surface area contributed by atoms with Crippen molar-refractivity contribution in [2.45, 2.75) is 44.1 Å². The van der Waals surface area contributed by atoms with Crippen molar-refractivity contribution in [3.8, 4) is 11.5 Å². The number of carbonyl (C=O) groups excluding carboxylic acids is 1. The number of aromatic nitrogens is 3. The molecule has 1 unspecified atom stereocenters. The Balaban J connectivity index is 1.56. The fraction of sp³-hybridized carbons (Fsp3) is 0.269. The Morgan fingerprint density at radius 2 is 1.92 bits per heavy atom. The quantitative estimate of drug-likeness (QED) is 0.337. The van der Waals surface area contributed by atoms with Gasteiger partial charge in [0.1, 0.15) is 11.5 Å². The van der Waals surface area contributed by atoms with Gasteiger partial charge in [-0.3, -0.25) is 18.7 Å². The van der Waals surface area contributed by atoms with Gasteiger partial charge in [0.05, 0.1) is 34.9 Å². The van der Waals surface area contributed by atoms with E-state index in [9.17, 15) is 17.8 Å². The topological polar surface area (TPSA) is 86.1 Å². The maximum atomic E-state index is 13.9. The van der Waals surface area contributed by atoms with E-state index >= 15 is 0 Å². The highest BCUT2D eigenvalue weighted by Crippen LogP contribution is 2.36. The van der Waals surface area contributed by atoms with Crippen molar-refractivity contribution in [3.63, 3.8) is 0 Å². The number of hydrogen-bond acceptors (Lipinski definition) is 5. The minimum atomic E-state index is -2.82. The zero-order chi connectivity index (χ0) is 26.0. The smallest absolute Gasteiger partial charge is 0.267 e. The fourth-order valence-corrected chi connectivity index (χ4v) is 4.15. The van der Waals surface area contributed by atoms with Crippen LogP contribution in [0.5, 0.6) is 11.5 Å². The number of halogens is 2. The first kappa shape index (κ1) is 25.4. The lowest BCUT2D eigenvalue weighted by atomic mass is 10.1. The summed E-state index contributed by atoms with van der Waals surface area (Å²) in [5, 5.41) is 7.55. The highest BCUT2D eigenvalue weighted by Gasteiger charge is 2.19. The molecule has 4 aromatic rings. The highest BCUT2D eigenvalue weighted by atomic mass is 32.2. The molecule has 2 aromatic heterocycles. The van der Waals surface area contributed by atoms with Crippen LogP contribution in [0.1, 0.15) is 38.3 Å². The van der Waals surface area contributed by atoms with Crippen LogP contribution in [0.4, 0.5) is 14.5 Å². The molecular weight excluding hydrogens is 486 g/mol. The van der Waals surface area contributed by atoms with E-state index in [0.29, 0.717) is 32.8 Å². The lowest BCUT2D eigenvalue weighted by molar-refractivity contribution is -0.115. The van der Waals surface area contributed by atoms with E-state index in [0.717, 1.165) is 0 Å². The summed E-state index contributed by atoms with van der Waals surface area (Å²) in [5.41, 5.74) is 0.965. The van der Waals surface area contributed by atoms with Crippen molar-refractivity contribution in [1.29, 1.82) is 0 Å². The van der Waals surface area contributed by atoms with E-state index in [4.69, 9.17) is 4.74 Å². The zero-order valence-corrected chi connectivity index (χ0v) is 21.1. The number of alkyl halides is 2. The molecule has 0 aliphatic heterocycles. The van der Waals surface area contributed by atoms with Crippen LogP contribution >= 0.6 is 0 Å². The number of fused-ring (bicyclic) bond motifs is 1. The number of nitrogens with one attached hydrogen (secondary N) is 1. The molecule has 1 atom stereocenters. The number of hydrogen-bond donors (Lipinski definition) is 1. The van der Waals surface area contributed by atoms with Crippen molar-refractivity contribution in [2.24, 2.45) is 0 Å². The van der Waals surface area contributed by atoms with Gasteiger partial charge in [0.2, 0.25) is 5.91 Å². The summed E-state index contributed by atoms with van der Waals surface area (Å²) in [6, 6.07) is 10.9. The molecule has 2 heterocycles. The van der Waals surface area contributed by atoms with Crippen molar-refractivity contribution >= 4 is 33.3 Å². The van der Waals surface area contributed by atoms with E-state index in [1.54, 1.807) is 53.7 Å². The predicted molar refractivity (Wildman–Crippen MR) is 135 cm³/mol. The Morgan fingerprint density at radius 3 is 2.58 bits per heavy atom. The average Bonchev–Trinajstić information content (AvgIpc) is 3.28. The molecule has 0 spiro atoms. The molecule has 4 rings (SSSR count). The number of amides is 1. The Kier molecular flexibility index (Phi) is 7.16. The Bertz CT molecular complexity index is 1450. The molecule has 0 fully saturated rings. The second kappa shape index (κ2) is 10.1. The first-order valence-electron chi connectivity index (χ1n) is 11.2. The maximum Gasteiger partial charge on any atom is 0.267 e. The first-order valence-corrected chi connectivity index (χ1v) is 12.7. The summed E-state index contributed by atoms with van der Waals surface area (Å²) in [5.74, 6) is -0.0655. The van der Waals surface area contributed by atoms with Gasteiger partial charge in [0.25, 0.3) is 6.43 Å². The summed E-state index contributed by atoms with van der Waals surface area (Å²) >= 11 is 0. The van der Waals surface area contributed by atoms with Gasteiger partial charge >= 0.3 is 0 Å². The molecule has 36 heavy (non-hydrogen) atoms. The normalized spacial score (nSPS) is 12.6. The second-order valence-electron chi connectivity index (χ2n) is 9.29. The molecule has 2 aromatic carbocycles. The molecule has 0 saturated carbocycles. The Labute approximate surface area is 210 Å². The van der Waals surface area contributed by atoms with E-state index in [1.807, 2.05) is 20.8 Å². The van der Waals surface area contributed by atoms with Crippen LogP contribution in [0.3, 0.4) is 0 Å². The van der Waals surface area contributed by atoms with Crippen molar-refractivity contribution in [2.75, 3.05) is 11.6 Å². The molecule has 188 valence electrons. The number of nitrogens with zero attached hydrogens (tertiary/aromatic N) is 3. The second-order valence-corrected chi connectivity index (χ2v) is 10.7. The van der Waals surface area contributed by atoms with Gasteiger partial charge in [-0.2, -0.15) is 5.10 Å². The van der Waals surface area contributed by atoms with Crippen molar-refractivity contribution in [1.82, 2.24) is 14.8 Å². The first-order chi connectivity index (χ1) is 17.0. The van der Waals surface area contributed by atoms with Gasteiger partial charge in [-0.05, 0) is 62.7 Å². The van der Waals surface area contributed by atoms with Crippen LogP contribution in [-0.2, 0) is 27.6 Å². The number of rotatable bonds is 7. The molecule has 1 N–H and O–H groups in total. The number of anilines is 1. The van der Waals surface area contributed by atoms with Crippen LogP contribution in [0.15, 0.2) is 66.0 Å². The summed E-state index contributed by atoms with van der Waals surface area (Å²) in [6.07, 6.45) is 3.42. The minimum Gasteiger partial charge on any atom is -0.456 e. The SMILES string of the molecule is CS(=O)c1ccc2nccc(Oc3ccc(CC(=O)Nc4cnn(C(C)(C)C)c4)cc3C(F)F)c2c1. The molecule has 10 heteroatoms. The Morgan fingerprint density at radius 1 is 1.14 bits per heavy atom. The van der Waals surface area contributed by atoms with E-state index in [-0.39, 0.29) is 29.2 Å². The standard InChI is InChI=1S/C26H26F2N4O3S/c1-26(2,3)32-15-17(14-30-32)31-24(33)12-16-5-8-22(20(11-16)25(27)28)35-23-9-10-29-21-7-6-18(36(4)34)13-19(21)23/h5-11,13-15,25H,12H2,1-4H3,(H,31,33). The number of carbonyl (C=O) groups is 1. The van der Waals surface area contributed by atoms with Crippen LogP contribution in [0.25, 0.3) is 10.9 Å². The summed E-state index contributed by atoms with van der Waals surface area (Å²) < 4.78 is 47.4. The van der Waals surface area contributed by atoms with Gasteiger partial charge in [0.15, 0.2) is 0 Å². The Hall–Kier alpha value is -3.66. The predicted octanol–water partition coefficient (Wildman–Crippen LogP) is 5.83. The summed E-state index contributed by atoms with van der Waals surface area (Å²) in [7, 11) is -1.23. The van der Waals surface area contributed by atoms with Crippen molar-refractivity contribution < 1.29 is 22.5 Å². The maximum absolute atomic E-state index is 13.9. The van der Waals surface area contributed by atoms with Crippen LogP contribution in [0, 0.1) is 0 Å². The van der Waals surface area contributed by atoms with E-state index < -0.39 is 17.2 Å². The molecule has 1 amide bonds. The molecule has 0 saturated heterocycles. The highest BCUT2D eigenvalue weighted by molar-refractivity contribution is 7.84. The van der Waals surface area contributed by atoms with Crippen LogP contribution in [0.2, 0.25) is 0 Å². The number of pyridine rings is 1. The van der Waals surface area contributed by atoms with Gasteiger partial charge < -0.3 is 10.1 Å². The lowest BCUT2D eigenvalue weighted by Gasteiger charge is -2.18. The zero-order valence-electron chi connectivity index (χ0n) is 20.3. The van der Waals surface area contributed by atoms with Gasteiger partial charge in [-0.25, -0.2) is 8.78 Å². The van der Waals surface area contributed by atoms with Crippen LogP contribution in [-0.4, -0.2) is 31.1 Å². The summed E-state index contributed by atoms with van der Waals surface area (Å²) in [4.78, 5) is 17.4. The fourth-order valence-electron chi connectivity index (χ4n) is 3.60. The number of benzene rings is 2. The molecule has 0 radical (unpaired) electrons. The number of ether oxygens (including phenoxy) is 1. The molecule has 0 aliphatic carbocycles. The van der Waals surface area contributed by atoms with Gasteiger partial charge in [-0.1, -0.05) is 6.07 Å². The monoisotopic (exact) mass is 512 g/mol. The molecule has 7 nitrogen and oxygen atoms in total. The third-order valence-electron chi connectivity index (χ3n) is 5.45. The van der Waals surface area contributed by atoms with Crippen molar-refractivity contribution in [3.05, 3.63) is 72.2 Å². The minimum absolute atomic E-state index is 0.0314. The summed E-state index contributed by atoms with van der Waals surface area (Å²) in [6.45, 7) is 5.96. The third-order valence-corrected chi connectivity index (χ3v) is 6.37. The third kappa shape index (κ3) is 5.76. The van der Waals surface area contributed by atoms with Crippen LogP contribution < -0.4 is 10.1 Å². The van der Waals surface area contributed by atoms with E-state index in [1.165, 1.54) is 18.3 Å². The van der Waals surface area contributed by atoms with Gasteiger partial charge in [0, 0.05) is 39.7 Å². The van der Waals surface area contributed by atoms with Gasteiger partial charge in [-0.15, -0.1) is 0 Å².